The van der Waals surface area contributed by atoms with Gasteiger partial charge in [0.05, 0.1) is 19.3 Å². The Hall–Kier alpha value is -1.99. The van der Waals surface area contributed by atoms with E-state index in [1.807, 2.05) is 4.90 Å². The Balaban J connectivity index is 1.53. The zero-order valence-electron chi connectivity index (χ0n) is 15.1. The number of amides is 2. The van der Waals surface area contributed by atoms with Crippen molar-refractivity contribution in [3.8, 4) is 0 Å². The molecule has 1 aromatic carbocycles. The van der Waals surface area contributed by atoms with E-state index in [0.29, 0.717) is 32.8 Å². The summed E-state index contributed by atoms with van der Waals surface area (Å²) in [5.74, 6) is -0.241. The van der Waals surface area contributed by atoms with Crippen molar-refractivity contribution in [3.63, 3.8) is 0 Å². The second-order valence-electron chi connectivity index (χ2n) is 7.03. The van der Waals surface area contributed by atoms with E-state index in [2.05, 4.69) is 10.2 Å². The molecule has 2 amide bonds. The van der Waals surface area contributed by atoms with Crippen molar-refractivity contribution in [1.82, 2.24) is 15.1 Å². The third-order valence-electron chi connectivity index (χ3n) is 4.93. The molecular weight excluding hydrogens is 337 g/mol. The van der Waals surface area contributed by atoms with Crippen LogP contribution in [0, 0.1) is 5.82 Å². The lowest BCUT2D eigenvalue weighted by Crippen LogP contribution is -2.52. The van der Waals surface area contributed by atoms with E-state index >= 15 is 0 Å². The van der Waals surface area contributed by atoms with E-state index in [1.54, 1.807) is 12.1 Å². The van der Waals surface area contributed by atoms with Crippen molar-refractivity contribution < 1.29 is 18.7 Å². The van der Waals surface area contributed by atoms with Crippen molar-refractivity contribution in [3.05, 3.63) is 35.6 Å². The number of carbonyl (C=O) groups is 2. The number of piperidine rings is 1. The van der Waals surface area contributed by atoms with E-state index in [1.165, 1.54) is 19.1 Å². The zero-order chi connectivity index (χ0) is 18.5. The van der Waals surface area contributed by atoms with Gasteiger partial charge in [-0.25, -0.2) is 4.39 Å². The summed E-state index contributed by atoms with van der Waals surface area (Å²) in [6, 6.07) is 6.36. The van der Waals surface area contributed by atoms with Gasteiger partial charge < -0.3 is 15.0 Å². The average molecular weight is 363 g/mol. The number of nitrogens with zero attached hydrogens (tertiary/aromatic N) is 2. The summed E-state index contributed by atoms with van der Waals surface area (Å²) in [6.45, 7) is 5.01. The fourth-order valence-electron chi connectivity index (χ4n) is 3.63. The molecule has 0 aliphatic carbocycles. The van der Waals surface area contributed by atoms with Crippen LogP contribution in [0.1, 0.15) is 31.4 Å². The molecule has 0 bridgehead atoms. The first-order valence-electron chi connectivity index (χ1n) is 9.15. The summed E-state index contributed by atoms with van der Waals surface area (Å²) >= 11 is 0. The highest BCUT2D eigenvalue weighted by Gasteiger charge is 2.28. The molecule has 3 rings (SSSR count). The minimum atomic E-state index is -0.268. The Morgan fingerprint density at radius 3 is 2.73 bits per heavy atom. The largest absolute Gasteiger partial charge is 0.371 e. The van der Waals surface area contributed by atoms with E-state index in [9.17, 15) is 14.0 Å². The molecule has 0 saturated carbocycles. The second kappa shape index (κ2) is 8.60. The van der Waals surface area contributed by atoms with Gasteiger partial charge in [-0.05, 0) is 30.5 Å². The van der Waals surface area contributed by atoms with E-state index < -0.39 is 0 Å². The molecular formula is C19H26FN3O3. The predicted molar refractivity (Wildman–Crippen MR) is 95.0 cm³/mol. The van der Waals surface area contributed by atoms with Crippen LogP contribution in [-0.4, -0.2) is 67.0 Å². The maximum absolute atomic E-state index is 13.1. The summed E-state index contributed by atoms with van der Waals surface area (Å²) < 4.78 is 18.9. The normalized spacial score (nSPS) is 24.3. The highest BCUT2D eigenvalue weighted by molar-refractivity contribution is 5.78. The quantitative estimate of drug-likeness (QED) is 0.877. The van der Waals surface area contributed by atoms with Gasteiger partial charge in [-0.3, -0.25) is 14.5 Å². The summed E-state index contributed by atoms with van der Waals surface area (Å²) in [4.78, 5) is 27.8. The third kappa shape index (κ3) is 5.02. The number of hydrogen-bond donors (Lipinski definition) is 1. The number of carbonyl (C=O) groups excluding carboxylic acids is 2. The molecule has 2 atom stereocenters. The van der Waals surface area contributed by atoms with Crippen LogP contribution in [-0.2, 0) is 14.3 Å². The van der Waals surface area contributed by atoms with Crippen LogP contribution in [0.2, 0.25) is 0 Å². The summed E-state index contributed by atoms with van der Waals surface area (Å²) in [7, 11) is 0. The van der Waals surface area contributed by atoms with Crippen LogP contribution in [0.4, 0.5) is 4.39 Å². The maximum atomic E-state index is 13.1. The molecule has 142 valence electrons. The molecule has 7 heteroatoms. The van der Waals surface area contributed by atoms with Crippen molar-refractivity contribution in [1.29, 1.82) is 0 Å². The Bertz CT molecular complexity index is 637. The maximum Gasteiger partial charge on any atom is 0.236 e. The Kier molecular flexibility index (Phi) is 6.21. The molecule has 1 aromatic rings. The summed E-state index contributed by atoms with van der Waals surface area (Å²) in [5.41, 5.74) is 0.923. The summed E-state index contributed by atoms with van der Waals surface area (Å²) in [5, 5.41) is 2.91. The Morgan fingerprint density at radius 1 is 1.23 bits per heavy atom. The number of benzene rings is 1. The van der Waals surface area contributed by atoms with E-state index in [0.717, 1.165) is 24.9 Å². The molecule has 0 radical (unpaired) electrons. The number of likely N-dealkylation sites (tertiary alicyclic amines) is 1. The number of hydrogen-bond acceptors (Lipinski definition) is 4. The average Bonchev–Trinajstić information content (AvgIpc) is 2.62. The highest BCUT2D eigenvalue weighted by Crippen LogP contribution is 2.22. The third-order valence-corrected chi connectivity index (χ3v) is 4.93. The zero-order valence-corrected chi connectivity index (χ0v) is 15.1. The minimum Gasteiger partial charge on any atom is -0.371 e. The van der Waals surface area contributed by atoms with Gasteiger partial charge in [0.25, 0.3) is 0 Å². The van der Waals surface area contributed by atoms with Gasteiger partial charge in [0.1, 0.15) is 5.82 Å². The van der Waals surface area contributed by atoms with E-state index in [-0.39, 0.29) is 29.8 Å². The van der Waals surface area contributed by atoms with Gasteiger partial charge >= 0.3 is 0 Å². The Morgan fingerprint density at radius 2 is 2.00 bits per heavy atom. The smallest absolute Gasteiger partial charge is 0.236 e. The fourth-order valence-corrected chi connectivity index (χ4v) is 3.63. The molecule has 2 aliphatic heterocycles. The van der Waals surface area contributed by atoms with Crippen LogP contribution in [0.3, 0.4) is 0 Å². The van der Waals surface area contributed by atoms with Crippen LogP contribution in [0.15, 0.2) is 24.3 Å². The lowest BCUT2D eigenvalue weighted by atomic mass is 10.1. The van der Waals surface area contributed by atoms with Gasteiger partial charge in [0.15, 0.2) is 0 Å². The van der Waals surface area contributed by atoms with Gasteiger partial charge in [-0.1, -0.05) is 12.1 Å². The molecule has 1 N–H and O–H groups in total. The van der Waals surface area contributed by atoms with Gasteiger partial charge in [-0.2, -0.15) is 0 Å². The number of morpholine rings is 1. The second-order valence-corrected chi connectivity index (χ2v) is 7.03. The first-order chi connectivity index (χ1) is 12.5. The number of rotatable bonds is 4. The number of ether oxygens (including phenoxy) is 1. The van der Waals surface area contributed by atoms with E-state index in [4.69, 9.17) is 4.74 Å². The summed E-state index contributed by atoms with van der Waals surface area (Å²) in [6.07, 6.45) is 1.66. The SMILES string of the molecule is CC(=O)N[C@H]1CCCN(C(=O)CN2CCO[C@H](c3ccc(F)cc3)C2)C1. The molecule has 2 heterocycles. The lowest BCUT2D eigenvalue weighted by Gasteiger charge is -2.36. The highest BCUT2D eigenvalue weighted by atomic mass is 19.1. The molecule has 0 unspecified atom stereocenters. The predicted octanol–water partition coefficient (Wildman–Crippen LogP) is 1.33. The molecule has 26 heavy (non-hydrogen) atoms. The van der Waals surface area contributed by atoms with Crippen molar-refractivity contribution in [2.24, 2.45) is 0 Å². The number of halogens is 1. The van der Waals surface area contributed by atoms with Gasteiger partial charge in [0.2, 0.25) is 11.8 Å². The lowest BCUT2D eigenvalue weighted by molar-refractivity contribution is -0.136. The topological polar surface area (TPSA) is 61.9 Å². The monoisotopic (exact) mass is 363 g/mol. The fraction of sp³-hybridized carbons (Fsp3) is 0.579. The van der Waals surface area contributed by atoms with Crippen molar-refractivity contribution in [2.45, 2.75) is 31.9 Å². The number of nitrogens with one attached hydrogen (secondary N) is 1. The van der Waals surface area contributed by atoms with Crippen molar-refractivity contribution >= 4 is 11.8 Å². The minimum absolute atomic E-state index is 0.0434. The molecule has 2 aliphatic rings. The van der Waals surface area contributed by atoms with Gasteiger partial charge in [-0.15, -0.1) is 0 Å². The van der Waals surface area contributed by atoms with Crippen LogP contribution in [0.25, 0.3) is 0 Å². The van der Waals surface area contributed by atoms with Crippen LogP contribution < -0.4 is 5.32 Å². The van der Waals surface area contributed by atoms with Gasteiger partial charge in [0, 0.05) is 39.1 Å². The first kappa shape index (κ1) is 18.8. The van der Waals surface area contributed by atoms with Crippen LogP contribution in [0.5, 0.6) is 0 Å². The Labute approximate surface area is 153 Å². The first-order valence-corrected chi connectivity index (χ1v) is 9.15. The molecule has 6 nitrogen and oxygen atoms in total. The van der Waals surface area contributed by atoms with Crippen LogP contribution >= 0.6 is 0 Å². The molecule has 0 spiro atoms. The standard InChI is InChI=1S/C19H26FN3O3/c1-14(24)21-17-3-2-8-23(11-17)19(25)13-22-9-10-26-18(12-22)15-4-6-16(20)7-5-15/h4-7,17-18H,2-3,8-13H2,1H3,(H,21,24)/t17-,18-/m0/s1. The molecule has 0 aromatic heterocycles. The molecule has 2 saturated heterocycles. The molecule has 2 fully saturated rings. The van der Waals surface area contributed by atoms with Crippen molar-refractivity contribution in [2.75, 3.05) is 39.3 Å².